The maximum absolute atomic E-state index is 5.84. The van der Waals surface area contributed by atoms with Gasteiger partial charge in [0.15, 0.2) is 0 Å². The molecule has 106 valence electrons. The van der Waals surface area contributed by atoms with E-state index >= 15 is 0 Å². The number of hydrogen-bond donors (Lipinski definition) is 1. The van der Waals surface area contributed by atoms with Crippen LogP contribution in [0, 0.1) is 12.8 Å². The molecule has 0 bridgehead atoms. The average Bonchev–Trinajstić information content (AvgIpc) is 3.10. The van der Waals surface area contributed by atoms with E-state index in [-0.39, 0.29) is 0 Å². The van der Waals surface area contributed by atoms with Crippen LogP contribution < -0.4 is 5.32 Å². The van der Waals surface area contributed by atoms with E-state index in [9.17, 15) is 0 Å². The molecule has 2 aliphatic rings. The van der Waals surface area contributed by atoms with Gasteiger partial charge < -0.3 is 10.1 Å². The molecule has 0 aliphatic heterocycles. The lowest BCUT2D eigenvalue weighted by molar-refractivity contribution is 0.0949. The molecule has 2 saturated carbocycles. The molecule has 1 aromatic rings. The molecule has 1 N–H and O–H groups in total. The Bertz CT molecular complexity index is 407. The normalized spacial score (nSPS) is 19.6. The van der Waals surface area contributed by atoms with Gasteiger partial charge in [0, 0.05) is 28.9 Å². The lowest BCUT2D eigenvalue weighted by Gasteiger charge is -2.24. The van der Waals surface area contributed by atoms with Gasteiger partial charge in [-0.2, -0.15) is 0 Å². The fourth-order valence-corrected chi connectivity index (χ4v) is 3.56. The third kappa shape index (κ3) is 4.04. The monoisotopic (exact) mass is 279 g/mol. The topological polar surface area (TPSA) is 21.3 Å². The van der Waals surface area contributed by atoms with Crippen molar-refractivity contribution in [3.63, 3.8) is 0 Å². The minimum Gasteiger partial charge on any atom is -0.377 e. The van der Waals surface area contributed by atoms with Crippen LogP contribution in [0.25, 0.3) is 0 Å². The molecule has 2 fully saturated rings. The number of thiophene rings is 1. The summed E-state index contributed by atoms with van der Waals surface area (Å²) < 4.78 is 5.84. The number of rotatable bonds is 8. The second-order valence-electron chi connectivity index (χ2n) is 6.09. The Balaban J connectivity index is 1.38. The molecule has 19 heavy (non-hydrogen) atoms. The van der Waals surface area contributed by atoms with E-state index in [1.165, 1.54) is 53.8 Å². The summed E-state index contributed by atoms with van der Waals surface area (Å²) in [4.78, 5) is 2.89. The predicted octanol–water partition coefficient (Wildman–Crippen LogP) is 4.02. The summed E-state index contributed by atoms with van der Waals surface area (Å²) in [6.45, 7) is 5.00. The van der Waals surface area contributed by atoms with Crippen LogP contribution in [-0.2, 0) is 17.9 Å². The summed E-state index contributed by atoms with van der Waals surface area (Å²) in [6, 6.07) is 3.13. The van der Waals surface area contributed by atoms with Gasteiger partial charge in [-0.05, 0) is 43.7 Å². The molecule has 2 aliphatic carbocycles. The van der Waals surface area contributed by atoms with Crippen LogP contribution in [0.4, 0.5) is 0 Å². The van der Waals surface area contributed by atoms with Gasteiger partial charge in [-0.1, -0.05) is 19.3 Å². The first-order valence-electron chi connectivity index (χ1n) is 7.70. The number of nitrogens with one attached hydrogen (secondary N) is 1. The zero-order chi connectivity index (χ0) is 13.1. The van der Waals surface area contributed by atoms with Crippen molar-refractivity contribution in [3.05, 3.63) is 21.4 Å². The van der Waals surface area contributed by atoms with Crippen molar-refractivity contribution in [1.29, 1.82) is 0 Å². The molecule has 0 unspecified atom stereocenters. The van der Waals surface area contributed by atoms with E-state index in [1.54, 1.807) is 0 Å². The Morgan fingerprint density at radius 2 is 2.16 bits per heavy atom. The first-order valence-corrected chi connectivity index (χ1v) is 8.52. The van der Waals surface area contributed by atoms with E-state index in [0.717, 1.165) is 31.7 Å². The van der Waals surface area contributed by atoms with Crippen molar-refractivity contribution in [2.45, 2.75) is 64.6 Å². The number of ether oxygens (including phenoxy) is 1. The smallest absolute Gasteiger partial charge is 0.0727 e. The highest BCUT2D eigenvalue weighted by Crippen LogP contribution is 2.29. The van der Waals surface area contributed by atoms with Gasteiger partial charge in [-0.25, -0.2) is 0 Å². The highest BCUT2D eigenvalue weighted by Gasteiger charge is 2.20. The van der Waals surface area contributed by atoms with Gasteiger partial charge in [0.1, 0.15) is 0 Å². The molecule has 3 heteroatoms. The molecular weight excluding hydrogens is 254 g/mol. The largest absolute Gasteiger partial charge is 0.377 e. The average molecular weight is 279 g/mol. The lowest BCUT2D eigenvalue weighted by Crippen LogP contribution is -2.14. The molecule has 2 nitrogen and oxygen atoms in total. The Morgan fingerprint density at radius 3 is 2.84 bits per heavy atom. The van der Waals surface area contributed by atoms with Gasteiger partial charge in [0.25, 0.3) is 0 Å². The SMILES string of the molecule is Cc1sc(CNC2CC2)cc1COCCC1CCC1. The van der Waals surface area contributed by atoms with Crippen molar-refractivity contribution >= 4 is 11.3 Å². The summed E-state index contributed by atoms with van der Waals surface area (Å²) in [7, 11) is 0. The lowest BCUT2D eigenvalue weighted by atomic mass is 9.83. The Hall–Kier alpha value is -0.380. The van der Waals surface area contributed by atoms with Gasteiger partial charge in [-0.15, -0.1) is 11.3 Å². The molecule has 0 spiro atoms. The molecule has 0 atom stereocenters. The van der Waals surface area contributed by atoms with Crippen molar-refractivity contribution in [1.82, 2.24) is 5.32 Å². The second-order valence-corrected chi connectivity index (χ2v) is 7.43. The van der Waals surface area contributed by atoms with Crippen molar-refractivity contribution in [2.75, 3.05) is 6.61 Å². The number of hydrogen-bond acceptors (Lipinski definition) is 3. The van der Waals surface area contributed by atoms with E-state index in [1.807, 2.05) is 11.3 Å². The second kappa shape index (κ2) is 6.38. The zero-order valence-corrected chi connectivity index (χ0v) is 12.7. The Kier molecular flexibility index (Phi) is 4.57. The van der Waals surface area contributed by atoms with E-state index < -0.39 is 0 Å². The molecule has 0 amide bonds. The predicted molar refractivity (Wildman–Crippen MR) is 80.5 cm³/mol. The van der Waals surface area contributed by atoms with Gasteiger partial charge >= 0.3 is 0 Å². The van der Waals surface area contributed by atoms with Gasteiger partial charge in [0.2, 0.25) is 0 Å². The molecule has 0 radical (unpaired) electrons. The van der Waals surface area contributed by atoms with Gasteiger partial charge in [0.05, 0.1) is 6.61 Å². The molecule has 1 heterocycles. The molecule has 1 aromatic heterocycles. The highest BCUT2D eigenvalue weighted by atomic mass is 32.1. The first-order chi connectivity index (χ1) is 9.31. The molecule has 0 aromatic carbocycles. The summed E-state index contributed by atoms with van der Waals surface area (Å²) in [5.41, 5.74) is 1.39. The minimum atomic E-state index is 0.796. The summed E-state index contributed by atoms with van der Waals surface area (Å²) in [5, 5.41) is 3.58. The van der Waals surface area contributed by atoms with Gasteiger partial charge in [-0.3, -0.25) is 0 Å². The molecular formula is C16H25NOS. The zero-order valence-electron chi connectivity index (χ0n) is 11.9. The standard InChI is InChI=1S/C16H25NOS/c1-12-14(11-18-8-7-13-3-2-4-13)9-16(19-12)10-17-15-5-6-15/h9,13,15,17H,2-8,10-11H2,1H3. The maximum Gasteiger partial charge on any atom is 0.0727 e. The highest BCUT2D eigenvalue weighted by molar-refractivity contribution is 7.12. The minimum absolute atomic E-state index is 0.796. The fraction of sp³-hybridized carbons (Fsp3) is 0.750. The molecule has 0 saturated heterocycles. The van der Waals surface area contributed by atoms with Crippen LogP contribution in [0.3, 0.4) is 0 Å². The van der Waals surface area contributed by atoms with E-state index in [0.29, 0.717) is 0 Å². The Labute approximate surface area is 120 Å². The van der Waals surface area contributed by atoms with Crippen molar-refractivity contribution < 1.29 is 4.74 Å². The fourth-order valence-electron chi connectivity index (χ4n) is 2.56. The van der Waals surface area contributed by atoms with Crippen molar-refractivity contribution in [2.24, 2.45) is 5.92 Å². The first kappa shape index (κ1) is 13.6. The summed E-state index contributed by atoms with van der Waals surface area (Å²) in [6.07, 6.45) is 8.28. The third-order valence-corrected chi connectivity index (χ3v) is 5.46. The van der Waals surface area contributed by atoms with Crippen LogP contribution in [0.5, 0.6) is 0 Å². The van der Waals surface area contributed by atoms with Crippen LogP contribution in [0.2, 0.25) is 0 Å². The number of aryl methyl sites for hydroxylation is 1. The van der Waals surface area contributed by atoms with Crippen LogP contribution in [0.15, 0.2) is 6.07 Å². The Morgan fingerprint density at radius 1 is 1.32 bits per heavy atom. The van der Waals surface area contributed by atoms with Crippen molar-refractivity contribution in [3.8, 4) is 0 Å². The van der Waals surface area contributed by atoms with E-state index in [4.69, 9.17) is 4.74 Å². The van der Waals surface area contributed by atoms with Crippen LogP contribution >= 0.6 is 11.3 Å². The summed E-state index contributed by atoms with van der Waals surface area (Å²) in [5.74, 6) is 0.960. The van der Waals surface area contributed by atoms with Crippen LogP contribution in [0.1, 0.15) is 53.8 Å². The van der Waals surface area contributed by atoms with E-state index in [2.05, 4.69) is 18.3 Å². The summed E-state index contributed by atoms with van der Waals surface area (Å²) >= 11 is 1.92. The quantitative estimate of drug-likeness (QED) is 0.726. The van der Waals surface area contributed by atoms with Crippen LogP contribution in [-0.4, -0.2) is 12.6 Å². The maximum atomic E-state index is 5.84. The molecule has 3 rings (SSSR count). The third-order valence-electron chi connectivity index (χ3n) is 4.37.